The van der Waals surface area contributed by atoms with Gasteiger partial charge in [0.25, 0.3) is 0 Å². The molecule has 0 atom stereocenters. The average Bonchev–Trinajstić information content (AvgIpc) is 3.01. The number of carbonyl (C=O) groups is 1. The van der Waals surface area contributed by atoms with Crippen molar-refractivity contribution in [2.24, 2.45) is 0 Å². The van der Waals surface area contributed by atoms with E-state index in [0.717, 1.165) is 24.2 Å². The summed E-state index contributed by atoms with van der Waals surface area (Å²) < 4.78 is 5.34. The smallest absolute Gasteiger partial charge is 0.314 e. The molecule has 0 bridgehead atoms. The summed E-state index contributed by atoms with van der Waals surface area (Å²) in [5.74, 6) is 0.866. The summed E-state index contributed by atoms with van der Waals surface area (Å²) in [4.78, 5) is 13.0. The molecule has 0 saturated heterocycles. The van der Waals surface area contributed by atoms with Gasteiger partial charge in [0.05, 0.1) is 7.11 Å². The minimum atomic E-state index is -0.122. The van der Waals surface area contributed by atoms with Gasteiger partial charge in [-0.2, -0.15) is 0 Å². The van der Waals surface area contributed by atoms with Crippen LogP contribution in [0.25, 0.3) is 0 Å². The highest BCUT2D eigenvalue weighted by Crippen LogP contribution is 2.19. The zero-order valence-corrected chi connectivity index (χ0v) is 13.8. The number of benzene rings is 1. The van der Waals surface area contributed by atoms with Crippen LogP contribution in [0, 0.1) is 6.92 Å². The number of carbonyl (C=O) groups excluding carboxylic acids is 1. The highest BCUT2D eigenvalue weighted by atomic mass is 32.1. The number of hydrogen-bond donors (Lipinski definition) is 2. The third-order valence-electron chi connectivity index (χ3n) is 3.35. The molecule has 4 nitrogen and oxygen atoms in total. The maximum atomic E-state index is 11.7. The van der Waals surface area contributed by atoms with Crippen LogP contribution in [0.15, 0.2) is 35.7 Å². The fraction of sp³-hybridized carbons (Fsp3) is 0.353. The normalized spacial score (nSPS) is 10.3. The topological polar surface area (TPSA) is 50.4 Å². The van der Waals surface area contributed by atoms with Crippen LogP contribution in [-0.2, 0) is 12.8 Å². The quantitative estimate of drug-likeness (QED) is 0.824. The third kappa shape index (κ3) is 5.07. The van der Waals surface area contributed by atoms with Gasteiger partial charge in [-0.05, 0) is 42.8 Å². The zero-order valence-electron chi connectivity index (χ0n) is 13.0. The van der Waals surface area contributed by atoms with Crippen molar-refractivity contribution in [2.75, 3.05) is 20.2 Å². The summed E-state index contributed by atoms with van der Waals surface area (Å²) in [5.41, 5.74) is 2.30. The lowest BCUT2D eigenvalue weighted by atomic mass is 10.1. The Morgan fingerprint density at radius 2 is 1.95 bits per heavy atom. The van der Waals surface area contributed by atoms with Gasteiger partial charge in [0.1, 0.15) is 5.75 Å². The van der Waals surface area contributed by atoms with Crippen molar-refractivity contribution in [1.82, 2.24) is 10.6 Å². The molecule has 2 amide bonds. The van der Waals surface area contributed by atoms with Crippen molar-refractivity contribution in [1.29, 1.82) is 0 Å². The van der Waals surface area contributed by atoms with Gasteiger partial charge in [0, 0.05) is 18.0 Å². The molecule has 0 radical (unpaired) electrons. The van der Waals surface area contributed by atoms with Gasteiger partial charge in [-0.3, -0.25) is 0 Å². The number of urea groups is 1. The molecule has 2 N–H and O–H groups in total. The summed E-state index contributed by atoms with van der Waals surface area (Å²) >= 11 is 1.71. The molecular weight excluding hydrogens is 296 g/mol. The van der Waals surface area contributed by atoms with E-state index in [9.17, 15) is 4.79 Å². The lowest BCUT2D eigenvalue weighted by Gasteiger charge is -2.11. The van der Waals surface area contributed by atoms with Gasteiger partial charge >= 0.3 is 6.03 Å². The Morgan fingerprint density at radius 3 is 2.64 bits per heavy atom. The molecule has 1 heterocycles. The average molecular weight is 318 g/mol. The van der Waals surface area contributed by atoms with E-state index >= 15 is 0 Å². The predicted molar refractivity (Wildman–Crippen MR) is 90.9 cm³/mol. The van der Waals surface area contributed by atoms with Crippen LogP contribution in [0.3, 0.4) is 0 Å². The largest absolute Gasteiger partial charge is 0.496 e. The monoisotopic (exact) mass is 318 g/mol. The van der Waals surface area contributed by atoms with Gasteiger partial charge in [-0.25, -0.2) is 4.79 Å². The van der Waals surface area contributed by atoms with Crippen molar-refractivity contribution >= 4 is 17.4 Å². The molecule has 1 aromatic carbocycles. The molecule has 1 aromatic heterocycles. The second-order valence-electron chi connectivity index (χ2n) is 5.08. The minimum Gasteiger partial charge on any atom is -0.496 e. The Morgan fingerprint density at radius 1 is 1.18 bits per heavy atom. The second kappa shape index (κ2) is 8.44. The minimum absolute atomic E-state index is 0.122. The van der Waals surface area contributed by atoms with Crippen molar-refractivity contribution in [3.63, 3.8) is 0 Å². The maximum Gasteiger partial charge on any atom is 0.314 e. The van der Waals surface area contributed by atoms with Crippen molar-refractivity contribution in [3.8, 4) is 5.75 Å². The van der Waals surface area contributed by atoms with E-state index in [-0.39, 0.29) is 6.03 Å². The van der Waals surface area contributed by atoms with E-state index < -0.39 is 0 Å². The Bertz CT molecular complexity index is 597. The van der Waals surface area contributed by atoms with E-state index in [0.29, 0.717) is 13.1 Å². The van der Waals surface area contributed by atoms with Crippen LogP contribution in [-0.4, -0.2) is 26.2 Å². The molecule has 2 aromatic rings. The van der Waals surface area contributed by atoms with Crippen LogP contribution >= 0.6 is 11.3 Å². The standard InChI is InChI=1S/C17H22N2O2S/c1-13-5-6-16(21-2)14(12-13)7-9-18-17(20)19-10-8-15-4-3-11-22-15/h3-6,11-12H,7-10H2,1-2H3,(H2,18,19,20). The molecule has 0 spiro atoms. The van der Waals surface area contributed by atoms with Gasteiger partial charge in [0.2, 0.25) is 0 Å². The van der Waals surface area contributed by atoms with Crippen LogP contribution in [0.1, 0.15) is 16.0 Å². The SMILES string of the molecule is COc1ccc(C)cc1CCNC(=O)NCCc1cccs1. The summed E-state index contributed by atoms with van der Waals surface area (Å²) in [7, 11) is 1.67. The van der Waals surface area contributed by atoms with E-state index in [2.05, 4.69) is 22.8 Å². The first kappa shape index (κ1) is 16.4. The van der Waals surface area contributed by atoms with Gasteiger partial charge in [-0.15, -0.1) is 11.3 Å². The van der Waals surface area contributed by atoms with Gasteiger partial charge < -0.3 is 15.4 Å². The molecule has 0 saturated carbocycles. The number of hydrogen-bond acceptors (Lipinski definition) is 3. The molecule has 118 valence electrons. The van der Waals surface area contributed by atoms with E-state index in [1.54, 1.807) is 18.4 Å². The van der Waals surface area contributed by atoms with Crippen molar-refractivity contribution in [3.05, 3.63) is 51.7 Å². The first-order valence-electron chi connectivity index (χ1n) is 7.36. The number of ether oxygens (including phenoxy) is 1. The molecule has 0 unspecified atom stereocenters. The first-order chi connectivity index (χ1) is 10.7. The predicted octanol–water partition coefficient (Wildman–Crippen LogP) is 3.15. The molecule has 22 heavy (non-hydrogen) atoms. The Labute approximate surface area is 135 Å². The number of aryl methyl sites for hydroxylation is 1. The molecule has 0 fully saturated rings. The Hall–Kier alpha value is -2.01. The maximum absolute atomic E-state index is 11.7. The van der Waals surface area contributed by atoms with Crippen LogP contribution in [0.5, 0.6) is 5.75 Å². The highest BCUT2D eigenvalue weighted by Gasteiger charge is 2.05. The first-order valence-corrected chi connectivity index (χ1v) is 8.24. The van der Waals surface area contributed by atoms with E-state index in [1.807, 2.05) is 30.5 Å². The van der Waals surface area contributed by atoms with Crippen molar-refractivity contribution < 1.29 is 9.53 Å². The second-order valence-corrected chi connectivity index (χ2v) is 6.11. The number of amides is 2. The highest BCUT2D eigenvalue weighted by molar-refractivity contribution is 7.09. The summed E-state index contributed by atoms with van der Waals surface area (Å²) in [5, 5.41) is 7.80. The third-order valence-corrected chi connectivity index (χ3v) is 4.29. The molecule has 0 aliphatic heterocycles. The fourth-order valence-corrected chi connectivity index (χ4v) is 2.94. The molecule has 2 rings (SSSR count). The lowest BCUT2D eigenvalue weighted by Crippen LogP contribution is -2.37. The van der Waals surface area contributed by atoms with Crippen LogP contribution in [0.4, 0.5) is 4.79 Å². The molecule has 0 aliphatic carbocycles. The van der Waals surface area contributed by atoms with Gasteiger partial charge in [0.15, 0.2) is 0 Å². The zero-order chi connectivity index (χ0) is 15.8. The van der Waals surface area contributed by atoms with Gasteiger partial charge in [-0.1, -0.05) is 23.8 Å². The molecular formula is C17H22N2O2S. The van der Waals surface area contributed by atoms with E-state index in [1.165, 1.54) is 10.4 Å². The Kier molecular flexibility index (Phi) is 6.27. The van der Waals surface area contributed by atoms with Crippen LogP contribution in [0.2, 0.25) is 0 Å². The fourth-order valence-electron chi connectivity index (χ4n) is 2.23. The molecule has 5 heteroatoms. The van der Waals surface area contributed by atoms with Crippen LogP contribution < -0.4 is 15.4 Å². The number of methoxy groups -OCH3 is 1. The van der Waals surface area contributed by atoms with Crippen molar-refractivity contribution in [2.45, 2.75) is 19.8 Å². The lowest BCUT2D eigenvalue weighted by molar-refractivity contribution is 0.241. The number of rotatable bonds is 7. The Balaban J connectivity index is 1.69. The number of thiophene rings is 1. The summed E-state index contributed by atoms with van der Waals surface area (Å²) in [6.45, 7) is 3.29. The van der Waals surface area contributed by atoms with E-state index in [4.69, 9.17) is 4.74 Å². The number of nitrogens with one attached hydrogen (secondary N) is 2. The molecule has 0 aliphatic rings. The summed E-state index contributed by atoms with van der Waals surface area (Å²) in [6.07, 6.45) is 1.62. The summed E-state index contributed by atoms with van der Waals surface area (Å²) in [6, 6.07) is 10.1.